The molecular weight excluding hydrogens is 292 g/mol. The highest BCUT2D eigenvalue weighted by molar-refractivity contribution is 8.19. The van der Waals surface area contributed by atoms with Gasteiger partial charge >= 0.3 is 5.97 Å². The molecule has 1 aromatic heterocycles. The van der Waals surface area contributed by atoms with Crippen LogP contribution in [0.1, 0.15) is 15.8 Å². The summed E-state index contributed by atoms with van der Waals surface area (Å²) in [6.07, 6.45) is 0.367. The summed E-state index contributed by atoms with van der Waals surface area (Å²) in [6, 6.07) is 7.16. The lowest BCUT2D eigenvalue weighted by Crippen LogP contribution is -2.32. The third-order valence-electron chi connectivity index (χ3n) is 3.45. The van der Waals surface area contributed by atoms with E-state index in [1.807, 2.05) is 47.8 Å². The zero-order valence-electron chi connectivity index (χ0n) is 10.8. The molecule has 0 radical (unpaired) electrons. The molecule has 0 aliphatic carbocycles. The fourth-order valence-corrected chi connectivity index (χ4v) is 5.37. The maximum Gasteiger partial charge on any atom is 0.320 e. The van der Waals surface area contributed by atoms with Crippen molar-refractivity contribution >= 4 is 40.4 Å². The Kier molecular flexibility index (Phi) is 3.96. The summed E-state index contributed by atoms with van der Waals surface area (Å²) < 4.78 is 0.360. The lowest BCUT2D eigenvalue weighted by molar-refractivity contribution is -0.138. The van der Waals surface area contributed by atoms with Crippen LogP contribution in [0.25, 0.3) is 10.9 Å². The average molecular weight is 308 g/mol. The summed E-state index contributed by atoms with van der Waals surface area (Å²) in [5, 5.41) is 10.2. The van der Waals surface area contributed by atoms with Gasteiger partial charge in [0.05, 0.1) is 4.58 Å². The minimum Gasteiger partial charge on any atom is -0.480 e. The number of thioether (sulfide) groups is 2. The van der Waals surface area contributed by atoms with Gasteiger partial charge in [-0.05, 0) is 11.6 Å². The molecule has 20 heavy (non-hydrogen) atoms. The van der Waals surface area contributed by atoms with Crippen LogP contribution in [0.2, 0.25) is 0 Å². The van der Waals surface area contributed by atoms with E-state index in [4.69, 9.17) is 10.8 Å². The lowest BCUT2D eigenvalue weighted by Gasteiger charge is -2.12. The topological polar surface area (TPSA) is 79.1 Å². The quantitative estimate of drug-likeness (QED) is 0.809. The van der Waals surface area contributed by atoms with Crippen LogP contribution in [0.5, 0.6) is 0 Å². The fourth-order valence-electron chi connectivity index (χ4n) is 2.47. The van der Waals surface area contributed by atoms with Gasteiger partial charge in [0.2, 0.25) is 0 Å². The minimum absolute atomic E-state index is 0.360. The van der Waals surface area contributed by atoms with Crippen LogP contribution >= 0.6 is 23.5 Å². The number of aliphatic carboxylic acids is 1. The summed E-state index contributed by atoms with van der Waals surface area (Å²) >= 11 is 3.81. The number of carbonyl (C=O) groups is 1. The van der Waals surface area contributed by atoms with Gasteiger partial charge in [0.15, 0.2) is 0 Å². The summed E-state index contributed by atoms with van der Waals surface area (Å²) in [6.45, 7) is 0. The Morgan fingerprint density at radius 1 is 1.40 bits per heavy atom. The van der Waals surface area contributed by atoms with Gasteiger partial charge in [-0.2, -0.15) is 0 Å². The van der Waals surface area contributed by atoms with Gasteiger partial charge in [0, 0.05) is 34.5 Å². The number of para-hydroxylation sites is 1. The van der Waals surface area contributed by atoms with Crippen molar-refractivity contribution in [3.8, 4) is 0 Å². The number of rotatable bonds is 4. The highest BCUT2D eigenvalue weighted by atomic mass is 32.2. The van der Waals surface area contributed by atoms with Gasteiger partial charge in [0.1, 0.15) is 6.04 Å². The number of nitrogens with one attached hydrogen (secondary N) is 1. The molecular formula is C14H16N2O2S2. The monoisotopic (exact) mass is 308 g/mol. The van der Waals surface area contributed by atoms with Crippen molar-refractivity contribution in [1.82, 2.24) is 4.98 Å². The number of nitrogens with two attached hydrogens (primary N) is 1. The molecule has 3 rings (SSSR count). The first kappa shape index (κ1) is 13.9. The zero-order valence-corrected chi connectivity index (χ0v) is 12.5. The molecule has 2 heterocycles. The Bertz CT molecular complexity index is 635. The number of benzene rings is 1. The molecule has 1 aliphatic rings. The highest BCUT2D eigenvalue weighted by Crippen LogP contribution is 2.47. The largest absolute Gasteiger partial charge is 0.480 e. The van der Waals surface area contributed by atoms with Gasteiger partial charge in [-0.15, -0.1) is 23.5 Å². The molecule has 1 aromatic carbocycles. The summed E-state index contributed by atoms with van der Waals surface area (Å²) in [4.78, 5) is 14.5. The van der Waals surface area contributed by atoms with E-state index >= 15 is 0 Å². The van der Waals surface area contributed by atoms with E-state index in [1.165, 1.54) is 0 Å². The smallest absolute Gasteiger partial charge is 0.320 e. The van der Waals surface area contributed by atoms with Crippen LogP contribution in [0.4, 0.5) is 0 Å². The maximum atomic E-state index is 11.0. The molecule has 106 valence electrons. The van der Waals surface area contributed by atoms with Crippen molar-refractivity contribution in [3.05, 3.63) is 35.5 Å². The van der Waals surface area contributed by atoms with Crippen molar-refractivity contribution in [2.75, 3.05) is 11.5 Å². The van der Waals surface area contributed by atoms with Gasteiger partial charge in [-0.3, -0.25) is 4.79 Å². The van der Waals surface area contributed by atoms with E-state index in [0.717, 1.165) is 33.7 Å². The summed E-state index contributed by atoms with van der Waals surface area (Å²) in [5.41, 5.74) is 8.99. The minimum atomic E-state index is -0.951. The maximum absolute atomic E-state index is 11.0. The number of hydrogen-bond acceptors (Lipinski definition) is 4. The van der Waals surface area contributed by atoms with E-state index in [0.29, 0.717) is 11.0 Å². The van der Waals surface area contributed by atoms with Crippen LogP contribution < -0.4 is 5.73 Å². The zero-order chi connectivity index (χ0) is 14.1. The van der Waals surface area contributed by atoms with E-state index in [2.05, 4.69) is 4.98 Å². The molecule has 0 saturated carbocycles. The number of carboxylic acids is 1. The molecule has 1 fully saturated rings. The fraction of sp³-hybridized carbons (Fsp3) is 0.357. The number of aromatic nitrogens is 1. The Morgan fingerprint density at radius 2 is 2.10 bits per heavy atom. The number of fused-ring (bicyclic) bond motifs is 1. The van der Waals surface area contributed by atoms with Crippen molar-refractivity contribution in [2.45, 2.75) is 17.0 Å². The number of aromatic amines is 1. The average Bonchev–Trinajstić information content (AvgIpc) is 3.06. The van der Waals surface area contributed by atoms with Gasteiger partial charge in [0.25, 0.3) is 0 Å². The SMILES string of the molecule is N[C@@H](Cc1c(C2SCCS2)[nH]c2ccccc12)C(=O)O. The molecule has 0 unspecified atom stereocenters. The Hall–Kier alpha value is -1.11. The van der Waals surface area contributed by atoms with Crippen LogP contribution in [-0.2, 0) is 11.2 Å². The molecule has 0 amide bonds. The van der Waals surface area contributed by atoms with Gasteiger partial charge < -0.3 is 15.8 Å². The molecule has 6 heteroatoms. The molecule has 1 saturated heterocycles. The van der Waals surface area contributed by atoms with Crippen molar-refractivity contribution in [2.24, 2.45) is 5.73 Å². The first-order valence-electron chi connectivity index (χ1n) is 6.48. The standard InChI is InChI=1S/C14H16N2O2S2/c15-10(13(17)18)7-9-8-3-1-2-4-11(8)16-12(9)14-19-5-6-20-14/h1-4,10,14,16H,5-7,15H2,(H,17,18)/t10-/m0/s1. The lowest BCUT2D eigenvalue weighted by atomic mass is 10.0. The third-order valence-corrected chi connectivity index (χ3v) is 6.48. The predicted molar refractivity (Wildman–Crippen MR) is 85.3 cm³/mol. The molecule has 2 aromatic rings. The summed E-state index contributed by atoms with van der Waals surface area (Å²) in [5.74, 6) is 1.32. The first-order chi connectivity index (χ1) is 9.66. The van der Waals surface area contributed by atoms with Gasteiger partial charge in [-0.1, -0.05) is 18.2 Å². The second-order valence-electron chi connectivity index (χ2n) is 4.79. The van der Waals surface area contributed by atoms with Crippen LogP contribution in [0.15, 0.2) is 24.3 Å². The number of carboxylic acid groups (broad SMARTS) is 1. The molecule has 1 aliphatic heterocycles. The van der Waals surface area contributed by atoms with E-state index in [9.17, 15) is 4.79 Å². The van der Waals surface area contributed by atoms with E-state index < -0.39 is 12.0 Å². The van der Waals surface area contributed by atoms with Crippen LogP contribution in [-0.4, -0.2) is 33.6 Å². The second-order valence-corrected chi connectivity index (χ2v) is 7.51. The second kappa shape index (κ2) is 5.71. The molecule has 0 bridgehead atoms. The number of hydrogen-bond donors (Lipinski definition) is 3. The number of H-pyrrole nitrogens is 1. The Balaban J connectivity index is 2.05. The van der Waals surface area contributed by atoms with Crippen molar-refractivity contribution in [3.63, 3.8) is 0 Å². The molecule has 1 atom stereocenters. The predicted octanol–water partition coefficient (Wildman–Crippen LogP) is 2.60. The van der Waals surface area contributed by atoms with Crippen molar-refractivity contribution in [1.29, 1.82) is 0 Å². The van der Waals surface area contributed by atoms with Crippen LogP contribution in [0.3, 0.4) is 0 Å². The highest BCUT2D eigenvalue weighted by Gasteiger charge is 2.26. The van der Waals surface area contributed by atoms with E-state index in [-0.39, 0.29) is 0 Å². The molecule has 4 nitrogen and oxygen atoms in total. The van der Waals surface area contributed by atoms with Crippen LogP contribution in [0, 0.1) is 0 Å². The normalized spacial score (nSPS) is 17.6. The van der Waals surface area contributed by atoms with Gasteiger partial charge in [-0.25, -0.2) is 0 Å². The van der Waals surface area contributed by atoms with Crippen molar-refractivity contribution < 1.29 is 9.90 Å². The Morgan fingerprint density at radius 3 is 2.80 bits per heavy atom. The Labute approximate surface area is 125 Å². The van der Waals surface area contributed by atoms with E-state index in [1.54, 1.807) is 0 Å². The molecule has 0 spiro atoms. The molecule has 4 N–H and O–H groups in total. The summed E-state index contributed by atoms with van der Waals surface area (Å²) in [7, 11) is 0. The first-order valence-corrected chi connectivity index (χ1v) is 8.57. The third kappa shape index (κ3) is 2.55.